The molecule has 0 spiro atoms. The first-order chi connectivity index (χ1) is 15.9. The molecule has 1 aliphatic heterocycles. The molecule has 33 heavy (non-hydrogen) atoms. The van der Waals surface area contributed by atoms with Crippen LogP contribution in [0, 0.1) is 6.92 Å². The number of aromatic nitrogens is 2. The van der Waals surface area contributed by atoms with Crippen LogP contribution in [0.15, 0.2) is 48.7 Å². The number of amides is 1. The van der Waals surface area contributed by atoms with Gasteiger partial charge >= 0.3 is 0 Å². The van der Waals surface area contributed by atoms with E-state index in [2.05, 4.69) is 53.1 Å². The number of hydrogen-bond acceptors (Lipinski definition) is 4. The van der Waals surface area contributed by atoms with Crippen LogP contribution in [0.4, 0.5) is 11.4 Å². The zero-order chi connectivity index (χ0) is 23.5. The average molecular weight is 466 g/mol. The highest BCUT2D eigenvalue weighted by atomic mass is 35.5. The van der Waals surface area contributed by atoms with Gasteiger partial charge in [-0.2, -0.15) is 5.10 Å². The van der Waals surface area contributed by atoms with Gasteiger partial charge in [-0.05, 0) is 61.3 Å². The zero-order valence-corrected chi connectivity index (χ0v) is 20.6. The summed E-state index contributed by atoms with van der Waals surface area (Å²) in [6.07, 6.45) is 1.64. The van der Waals surface area contributed by atoms with Crippen LogP contribution < -0.4 is 10.2 Å². The standard InChI is InChI=1S/C26H32ClN5O/c1-5-30-11-13-31(14-12-30)21-9-10-24(19(4)15-21)29-26(33)23-17-28-32(25(23)18(2)3)22-8-6-7-20(27)16-22/h6-10,15-18H,5,11-14H2,1-4H3,(H,29,33). The molecule has 0 unspecified atom stereocenters. The molecule has 0 radical (unpaired) electrons. The number of carbonyl (C=O) groups excluding carboxylic acids is 1. The van der Waals surface area contributed by atoms with Gasteiger partial charge in [0.15, 0.2) is 0 Å². The van der Waals surface area contributed by atoms with Gasteiger partial charge in [-0.15, -0.1) is 0 Å². The Bertz CT molecular complexity index is 1130. The van der Waals surface area contributed by atoms with E-state index in [0.29, 0.717) is 10.6 Å². The number of hydrogen-bond donors (Lipinski definition) is 1. The number of aryl methyl sites for hydroxylation is 1. The minimum absolute atomic E-state index is 0.109. The van der Waals surface area contributed by atoms with Crippen molar-refractivity contribution in [3.63, 3.8) is 0 Å². The van der Waals surface area contributed by atoms with Crippen molar-refractivity contribution >= 4 is 28.9 Å². The Morgan fingerprint density at radius 3 is 2.48 bits per heavy atom. The highest BCUT2D eigenvalue weighted by molar-refractivity contribution is 6.30. The van der Waals surface area contributed by atoms with E-state index in [1.807, 2.05) is 37.3 Å². The van der Waals surface area contributed by atoms with Gasteiger partial charge in [-0.3, -0.25) is 4.79 Å². The van der Waals surface area contributed by atoms with Gasteiger partial charge in [0.2, 0.25) is 0 Å². The van der Waals surface area contributed by atoms with Crippen LogP contribution in [-0.4, -0.2) is 53.3 Å². The highest BCUT2D eigenvalue weighted by Gasteiger charge is 2.22. The third-order valence-corrected chi connectivity index (χ3v) is 6.53. The smallest absolute Gasteiger partial charge is 0.259 e. The third kappa shape index (κ3) is 5.07. The van der Waals surface area contributed by atoms with Gasteiger partial charge in [-0.25, -0.2) is 4.68 Å². The second kappa shape index (κ2) is 9.98. The number of anilines is 2. The molecular weight excluding hydrogens is 434 g/mol. The molecule has 2 heterocycles. The van der Waals surface area contributed by atoms with Gasteiger partial charge in [-0.1, -0.05) is 38.4 Å². The van der Waals surface area contributed by atoms with E-state index in [-0.39, 0.29) is 11.8 Å². The SMILES string of the molecule is CCN1CCN(c2ccc(NC(=O)c3cnn(-c4cccc(Cl)c4)c3C(C)C)c(C)c2)CC1. The molecule has 0 saturated carbocycles. The Balaban J connectivity index is 1.54. The highest BCUT2D eigenvalue weighted by Crippen LogP contribution is 2.27. The Kier molecular flexibility index (Phi) is 7.05. The van der Waals surface area contributed by atoms with Gasteiger partial charge in [0, 0.05) is 42.6 Å². The van der Waals surface area contributed by atoms with Crippen molar-refractivity contribution in [3.8, 4) is 5.69 Å². The topological polar surface area (TPSA) is 53.4 Å². The van der Waals surface area contributed by atoms with E-state index in [9.17, 15) is 4.79 Å². The molecular formula is C26H32ClN5O. The fraction of sp³-hybridized carbons (Fsp3) is 0.385. The van der Waals surface area contributed by atoms with Gasteiger partial charge in [0.25, 0.3) is 5.91 Å². The molecule has 174 valence electrons. The van der Waals surface area contributed by atoms with E-state index >= 15 is 0 Å². The number of nitrogens with zero attached hydrogens (tertiary/aromatic N) is 4. The summed E-state index contributed by atoms with van der Waals surface area (Å²) >= 11 is 6.18. The fourth-order valence-electron chi connectivity index (χ4n) is 4.40. The monoisotopic (exact) mass is 465 g/mol. The first-order valence-electron chi connectivity index (χ1n) is 11.6. The van der Waals surface area contributed by atoms with Gasteiger partial charge in [0.1, 0.15) is 0 Å². The lowest BCUT2D eigenvalue weighted by Crippen LogP contribution is -2.46. The number of nitrogens with one attached hydrogen (secondary N) is 1. The normalized spacial score (nSPS) is 14.7. The number of rotatable bonds is 6. The molecule has 1 aliphatic rings. The Labute approximate surface area is 201 Å². The van der Waals surface area contributed by atoms with Crippen LogP contribution in [0.2, 0.25) is 5.02 Å². The zero-order valence-electron chi connectivity index (χ0n) is 19.8. The van der Waals surface area contributed by atoms with Crippen LogP contribution in [-0.2, 0) is 0 Å². The molecule has 0 bridgehead atoms. The maximum Gasteiger partial charge on any atom is 0.259 e. The molecule has 0 aliphatic carbocycles. The van der Waals surface area contributed by atoms with Crippen LogP contribution in [0.5, 0.6) is 0 Å². The Morgan fingerprint density at radius 2 is 1.85 bits per heavy atom. The summed E-state index contributed by atoms with van der Waals surface area (Å²) in [5.41, 5.74) is 5.35. The second-order valence-electron chi connectivity index (χ2n) is 8.86. The first-order valence-corrected chi connectivity index (χ1v) is 12.0. The van der Waals surface area contributed by atoms with E-state index in [1.165, 1.54) is 5.69 Å². The molecule has 1 amide bonds. The van der Waals surface area contributed by atoms with Gasteiger partial charge in [0.05, 0.1) is 23.1 Å². The van der Waals surface area contributed by atoms with E-state index in [0.717, 1.165) is 55.4 Å². The van der Waals surface area contributed by atoms with E-state index in [4.69, 9.17) is 11.6 Å². The summed E-state index contributed by atoms with van der Waals surface area (Å²) in [4.78, 5) is 18.1. The van der Waals surface area contributed by atoms with Crippen molar-refractivity contribution in [2.45, 2.75) is 33.6 Å². The predicted octanol–water partition coefficient (Wildman–Crippen LogP) is 5.35. The molecule has 1 N–H and O–H groups in total. The maximum atomic E-state index is 13.3. The van der Waals surface area contributed by atoms with Crippen molar-refractivity contribution in [2.24, 2.45) is 0 Å². The molecule has 3 aromatic rings. The van der Waals surface area contributed by atoms with Crippen LogP contribution in [0.3, 0.4) is 0 Å². The van der Waals surface area contributed by atoms with Crippen molar-refractivity contribution in [3.05, 3.63) is 70.5 Å². The summed E-state index contributed by atoms with van der Waals surface area (Å²) < 4.78 is 1.80. The second-order valence-corrected chi connectivity index (χ2v) is 9.30. The minimum atomic E-state index is -0.153. The lowest BCUT2D eigenvalue weighted by Gasteiger charge is -2.35. The van der Waals surface area contributed by atoms with Crippen LogP contribution in [0.25, 0.3) is 5.69 Å². The number of likely N-dealkylation sites (N-methyl/N-ethyl adjacent to an activating group) is 1. The number of carbonyl (C=O) groups is 1. The van der Waals surface area contributed by atoms with Crippen molar-refractivity contribution in [2.75, 3.05) is 42.9 Å². The molecule has 1 saturated heterocycles. The predicted molar refractivity (Wildman–Crippen MR) is 136 cm³/mol. The van der Waals surface area contributed by atoms with E-state index < -0.39 is 0 Å². The summed E-state index contributed by atoms with van der Waals surface area (Å²) in [5.74, 6) is -0.0446. The fourth-order valence-corrected chi connectivity index (χ4v) is 4.58. The van der Waals surface area contributed by atoms with Crippen molar-refractivity contribution in [1.29, 1.82) is 0 Å². The molecule has 0 atom stereocenters. The summed E-state index contributed by atoms with van der Waals surface area (Å²) in [5, 5.41) is 8.24. The lowest BCUT2D eigenvalue weighted by molar-refractivity contribution is 0.102. The Hall–Kier alpha value is -2.83. The molecule has 1 aromatic heterocycles. The summed E-state index contributed by atoms with van der Waals surface area (Å²) in [7, 11) is 0. The minimum Gasteiger partial charge on any atom is -0.369 e. The molecule has 4 rings (SSSR count). The van der Waals surface area contributed by atoms with E-state index in [1.54, 1.807) is 10.9 Å². The van der Waals surface area contributed by atoms with Crippen molar-refractivity contribution < 1.29 is 4.79 Å². The third-order valence-electron chi connectivity index (χ3n) is 6.29. The van der Waals surface area contributed by atoms with Gasteiger partial charge < -0.3 is 15.1 Å². The van der Waals surface area contributed by atoms with Crippen LogP contribution in [0.1, 0.15) is 48.3 Å². The van der Waals surface area contributed by atoms with Crippen LogP contribution >= 0.6 is 11.6 Å². The molecule has 7 heteroatoms. The largest absolute Gasteiger partial charge is 0.369 e. The average Bonchev–Trinajstić information content (AvgIpc) is 3.26. The first kappa shape index (κ1) is 23.3. The number of halogens is 1. The number of benzene rings is 2. The quantitative estimate of drug-likeness (QED) is 0.533. The molecule has 2 aromatic carbocycles. The number of piperazine rings is 1. The maximum absolute atomic E-state index is 13.3. The summed E-state index contributed by atoms with van der Waals surface area (Å²) in [6.45, 7) is 13.7. The molecule has 1 fully saturated rings. The molecule has 6 nitrogen and oxygen atoms in total. The summed E-state index contributed by atoms with van der Waals surface area (Å²) in [6, 6.07) is 13.8. The lowest BCUT2D eigenvalue weighted by atomic mass is 10.0. The Morgan fingerprint density at radius 1 is 1.09 bits per heavy atom. The van der Waals surface area contributed by atoms with Crippen molar-refractivity contribution in [1.82, 2.24) is 14.7 Å².